The van der Waals surface area contributed by atoms with Gasteiger partial charge in [-0.3, -0.25) is 9.40 Å². The van der Waals surface area contributed by atoms with Crippen LogP contribution in [0.3, 0.4) is 0 Å². The molecule has 0 saturated heterocycles. The number of rotatable bonds is 4. The Morgan fingerprint density at radius 2 is 2.12 bits per heavy atom. The third-order valence-electron chi connectivity index (χ3n) is 1.88. The van der Waals surface area contributed by atoms with Crippen molar-refractivity contribution in [3.05, 3.63) is 11.8 Å². The van der Waals surface area contributed by atoms with Crippen molar-refractivity contribution in [3.8, 4) is 0 Å². The highest BCUT2D eigenvalue weighted by molar-refractivity contribution is 7.90. The Labute approximate surface area is 92.7 Å². The van der Waals surface area contributed by atoms with Crippen LogP contribution in [-0.4, -0.2) is 47.7 Å². The third kappa shape index (κ3) is 2.31. The Hall–Kier alpha value is -1.61. The molecule has 9 heteroatoms. The molecule has 0 radical (unpaired) electrons. The molecule has 0 atom stereocenters. The summed E-state index contributed by atoms with van der Waals surface area (Å²) in [5.41, 5.74) is -0.201. The molecular weight excluding hydrogens is 236 g/mol. The van der Waals surface area contributed by atoms with Gasteiger partial charge in [0, 0.05) is 21.1 Å². The maximum absolute atomic E-state index is 11.5. The fourth-order valence-electron chi connectivity index (χ4n) is 0.929. The van der Waals surface area contributed by atoms with E-state index in [0.29, 0.717) is 0 Å². The van der Waals surface area contributed by atoms with Crippen molar-refractivity contribution in [2.75, 3.05) is 18.8 Å². The predicted octanol–water partition coefficient (Wildman–Crippen LogP) is -0.663. The van der Waals surface area contributed by atoms with Crippen molar-refractivity contribution in [2.45, 2.75) is 0 Å². The molecule has 1 heterocycles. The van der Waals surface area contributed by atoms with Gasteiger partial charge in [-0.15, -0.1) is 0 Å². The maximum atomic E-state index is 11.5. The van der Waals surface area contributed by atoms with Crippen LogP contribution >= 0.6 is 0 Å². The molecule has 90 valence electrons. The number of nitrogens with one attached hydrogen (secondary N) is 1. The van der Waals surface area contributed by atoms with E-state index in [9.17, 15) is 13.2 Å². The minimum atomic E-state index is -3.74. The zero-order chi connectivity index (χ0) is 12.5. The fraction of sp³-hybridized carbons (Fsp3) is 0.429. The van der Waals surface area contributed by atoms with Crippen LogP contribution < -0.4 is 4.72 Å². The van der Waals surface area contributed by atoms with Crippen LogP contribution in [0.15, 0.2) is 6.20 Å². The quantitative estimate of drug-likeness (QED) is 0.735. The summed E-state index contributed by atoms with van der Waals surface area (Å²) in [6, 6.07) is 0. The monoisotopic (exact) mass is 248 g/mol. The molecule has 1 rings (SSSR count). The highest BCUT2D eigenvalue weighted by atomic mass is 32.2. The Bertz CT molecular complexity index is 504. The van der Waals surface area contributed by atoms with Gasteiger partial charge in [-0.25, -0.2) is 4.79 Å². The van der Waals surface area contributed by atoms with Crippen LogP contribution in [0.2, 0.25) is 0 Å². The summed E-state index contributed by atoms with van der Waals surface area (Å²) >= 11 is 0. The number of anilines is 1. The summed E-state index contributed by atoms with van der Waals surface area (Å²) in [5, 5.41) is 12.5. The molecule has 0 bridgehead atoms. The molecule has 0 saturated carbocycles. The number of aromatic nitrogens is 2. The molecule has 0 aliphatic heterocycles. The van der Waals surface area contributed by atoms with Gasteiger partial charge in [0.1, 0.15) is 5.56 Å². The zero-order valence-electron chi connectivity index (χ0n) is 9.00. The predicted molar refractivity (Wildman–Crippen MR) is 56.4 cm³/mol. The minimum Gasteiger partial charge on any atom is -0.477 e. The molecule has 8 nitrogen and oxygen atoms in total. The first-order chi connectivity index (χ1) is 7.25. The Morgan fingerprint density at radius 3 is 2.56 bits per heavy atom. The largest absolute Gasteiger partial charge is 0.477 e. The SMILES string of the molecule is CN(C)S(=O)(=O)Nc1c(C(=O)O)cnn1C. The van der Waals surface area contributed by atoms with Crippen LogP contribution in [0, 0.1) is 0 Å². The second-order valence-electron chi connectivity index (χ2n) is 3.23. The molecular formula is C7H12N4O4S. The number of carboxylic acids is 1. The lowest BCUT2D eigenvalue weighted by atomic mass is 10.3. The first-order valence-corrected chi connectivity index (χ1v) is 5.65. The van der Waals surface area contributed by atoms with Crippen molar-refractivity contribution in [1.82, 2.24) is 14.1 Å². The number of carboxylic acid groups (broad SMARTS) is 1. The summed E-state index contributed by atoms with van der Waals surface area (Å²) in [5.74, 6) is -1.33. The van der Waals surface area contributed by atoms with E-state index in [1.54, 1.807) is 0 Å². The zero-order valence-corrected chi connectivity index (χ0v) is 9.82. The number of hydrogen-bond acceptors (Lipinski definition) is 4. The van der Waals surface area contributed by atoms with Crippen LogP contribution in [0.4, 0.5) is 5.82 Å². The molecule has 0 aromatic carbocycles. The van der Waals surface area contributed by atoms with Crippen molar-refractivity contribution in [1.29, 1.82) is 0 Å². The summed E-state index contributed by atoms with van der Waals surface area (Å²) in [6.07, 6.45) is 1.08. The highest BCUT2D eigenvalue weighted by Gasteiger charge is 2.21. The average Bonchev–Trinajstić information content (AvgIpc) is 2.47. The van der Waals surface area contributed by atoms with Gasteiger partial charge in [-0.05, 0) is 0 Å². The summed E-state index contributed by atoms with van der Waals surface area (Å²) in [6.45, 7) is 0. The third-order valence-corrected chi connectivity index (χ3v) is 3.29. The van der Waals surface area contributed by atoms with Gasteiger partial charge in [-0.1, -0.05) is 0 Å². The molecule has 0 aliphatic rings. The van der Waals surface area contributed by atoms with Crippen molar-refractivity contribution in [2.24, 2.45) is 7.05 Å². The maximum Gasteiger partial charge on any atom is 0.341 e. The fourth-order valence-corrected chi connectivity index (χ4v) is 1.60. The normalized spacial score (nSPS) is 11.8. The van der Waals surface area contributed by atoms with Crippen molar-refractivity contribution < 1.29 is 18.3 Å². The van der Waals surface area contributed by atoms with Gasteiger partial charge in [0.2, 0.25) is 0 Å². The molecule has 1 aromatic rings. The molecule has 0 spiro atoms. The topological polar surface area (TPSA) is 105 Å². The Morgan fingerprint density at radius 1 is 1.56 bits per heavy atom. The number of hydrogen-bond donors (Lipinski definition) is 2. The van der Waals surface area contributed by atoms with E-state index >= 15 is 0 Å². The van der Waals surface area contributed by atoms with E-state index in [0.717, 1.165) is 15.2 Å². The molecule has 16 heavy (non-hydrogen) atoms. The summed E-state index contributed by atoms with van der Waals surface area (Å²) in [7, 11) is 0.369. The summed E-state index contributed by atoms with van der Waals surface area (Å²) < 4.78 is 27.2. The second kappa shape index (κ2) is 4.10. The van der Waals surface area contributed by atoms with Gasteiger partial charge in [0.05, 0.1) is 6.20 Å². The lowest BCUT2D eigenvalue weighted by molar-refractivity contribution is 0.0698. The van der Waals surface area contributed by atoms with Crippen LogP contribution in [0.5, 0.6) is 0 Å². The van der Waals surface area contributed by atoms with Crippen LogP contribution in [-0.2, 0) is 17.3 Å². The molecule has 0 aliphatic carbocycles. The second-order valence-corrected chi connectivity index (χ2v) is 5.11. The van der Waals surface area contributed by atoms with E-state index in [2.05, 4.69) is 9.82 Å². The van der Waals surface area contributed by atoms with Gasteiger partial charge in [0.15, 0.2) is 5.82 Å². The van der Waals surface area contributed by atoms with Crippen molar-refractivity contribution >= 4 is 22.0 Å². The molecule has 1 aromatic heterocycles. The van der Waals surface area contributed by atoms with Gasteiger partial charge >= 0.3 is 16.2 Å². The number of nitrogens with zero attached hydrogens (tertiary/aromatic N) is 3. The lowest BCUT2D eigenvalue weighted by Gasteiger charge is -2.13. The minimum absolute atomic E-state index is 0.0822. The van der Waals surface area contributed by atoms with Gasteiger partial charge < -0.3 is 5.11 Å². The molecule has 0 amide bonds. The van der Waals surface area contributed by atoms with Crippen LogP contribution in [0.1, 0.15) is 10.4 Å². The Balaban J connectivity index is 3.16. The highest BCUT2D eigenvalue weighted by Crippen LogP contribution is 2.15. The van der Waals surface area contributed by atoms with E-state index < -0.39 is 16.2 Å². The first-order valence-electron chi connectivity index (χ1n) is 4.21. The number of aromatic carboxylic acids is 1. The Kier molecular flexibility index (Phi) is 3.19. The number of carbonyl (C=O) groups is 1. The van der Waals surface area contributed by atoms with Gasteiger partial charge in [-0.2, -0.15) is 17.8 Å². The molecule has 0 unspecified atom stereocenters. The summed E-state index contributed by atoms with van der Waals surface area (Å²) in [4.78, 5) is 10.8. The smallest absolute Gasteiger partial charge is 0.341 e. The first kappa shape index (κ1) is 12.5. The molecule has 0 fully saturated rings. The van der Waals surface area contributed by atoms with E-state index in [4.69, 9.17) is 5.11 Å². The van der Waals surface area contributed by atoms with E-state index in [1.165, 1.54) is 21.1 Å². The van der Waals surface area contributed by atoms with Crippen LogP contribution in [0.25, 0.3) is 0 Å². The van der Waals surface area contributed by atoms with E-state index in [1.807, 2.05) is 0 Å². The molecule has 2 N–H and O–H groups in total. The number of aryl methyl sites for hydroxylation is 1. The van der Waals surface area contributed by atoms with Crippen molar-refractivity contribution in [3.63, 3.8) is 0 Å². The standard InChI is InChI=1S/C7H12N4O4S/c1-10(2)16(14,15)9-6-5(7(12)13)4-8-11(6)3/h4,9H,1-3H3,(H,12,13). The lowest BCUT2D eigenvalue weighted by Crippen LogP contribution is -2.30. The van der Waals surface area contributed by atoms with Gasteiger partial charge in [0.25, 0.3) is 0 Å². The average molecular weight is 248 g/mol. The van der Waals surface area contributed by atoms with E-state index in [-0.39, 0.29) is 11.4 Å².